The van der Waals surface area contributed by atoms with Crippen LogP contribution in [0.1, 0.15) is 32.8 Å². The maximum Gasteiger partial charge on any atom is 0.410 e. The first kappa shape index (κ1) is 16.3. The molecule has 1 amide bonds. The number of halogens is 1. The molecule has 0 N–H and O–H groups in total. The number of nitrogens with zero attached hydrogens (tertiary/aromatic N) is 1. The van der Waals surface area contributed by atoms with Crippen molar-refractivity contribution < 1.29 is 18.7 Å². The Hall–Kier alpha value is -2.04. The van der Waals surface area contributed by atoms with E-state index in [0.717, 1.165) is 11.1 Å². The molecule has 1 aromatic carbocycles. The molecule has 1 aromatic rings. The minimum absolute atomic E-state index is 0.230. The number of rotatable bonds is 2. The molecule has 0 saturated heterocycles. The Labute approximate surface area is 130 Å². The Bertz CT molecular complexity index is 590. The van der Waals surface area contributed by atoms with Crippen LogP contribution in [-0.4, -0.2) is 36.8 Å². The van der Waals surface area contributed by atoms with E-state index in [1.54, 1.807) is 17.0 Å². The van der Waals surface area contributed by atoms with Gasteiger partial charge in [0, 0.05) is 13.1 Å². The van der Waals surface area contributed by atoms with Crippen LogP contribution in [0.4, 0.5) is 9.18 Å². The standard InChI is InChI=1S/C17H22FNO3/c1-17(2,3)22-16(20)19-9-7-12(8-10-19)13-5-6-14(18)15(11-13)21-4/h5-7,11H,8-10H2,1-4H3. The van der Waals surface area contributed by atoms with Gasteiger partial charge in [0.15, 0.2) is 11.6 Å². The Morgan fingerprint density at radius 2 is 2.05 bits per heavy atom. The molecule has 0 saturated carbocycles. The van der Waals surface area contributed by atoms with Crippen LogP contribution >= 0.6 is 0 Å². The van der Waals surface area contributed by atoms with E-state index in [2.05, 4.69) is 0 Å². The summed E-state index contributed by atoms with van der Waals surface area (Å²) in [5.41, 5.74) is 1.51. The molecule has 0 spiro atoms. The molecular formula is C17H22FNO3. The number of amides is 1. The van der Waals surface area contributed by atoms with E-state index in [1.807, 2.05) is 26.8 Å². The molecule has 1 aliphatic rings. The zero-order valence-corrected chi connectivity index (χ0v) is 13.5. The molecule has 0 fully saturated rings. The molecule has 5 heteroatoms. The van der Waals surface area contributed by atoms with Gasteiger partial charge < -0.3 is 14.4 Å². The molecule has 0 unspecified atom stereocenters. The predicted molar refractivity (Wildman–Crippen MR) is 83.4 cm³/mol. The highest BCUT2D eigenvalue weighted by Crippen LogP contribution is 2.27. The van der Waals surface area contributed by atoms with Crippen molar-refractivity contribution in [2.45, 2.75) is 32.8 Å². The number of carbonyl (C=O) groups is 1. The van der Waals surface area contributed by atoms with Crippen molar-refractivity contribution in [3.05, 3.63) is 35.7 Å². The Balaban J connectivity index is 2.07. The van der Waals surface area contributed by atoms with Gasteiger partial charge >= 0.3 is 6.09 Å². The quantitative estimate of drug-likeness (QED) is 0.833. The molecule has 0 aromatic heterocycles. The topological polar surface area (TPSA) is 38.8 Å². The van der Waals surface area contributed by atoms with Gasteiger partial charge in [0.2, 0.25) is 0 Å². The first-order valence-corrected chi connectivity index (χ1v) is 7.31. The van der Waals surface area contributed by atoms with Crippen molar-refractivity contribution in [2.75, 3.05) is 20.2 Å². The van der Waals surface area contributed by atoms with E-state index in [0.29, 0.717) is 19.5 Å². The zero-order valence-electron chi connectivity index (χ0n) is 13.5. The van der Waals surface area contributed by atoms with Crippen LogP contribution in [0.2, 0.25) is 0 Å². The van der Waals surface area contributed by atoms with Crippen LogP contribution in [0, 0.1) is 5.82 Å². The predicted octanol–water partition coefficient (Wildman–Crippen LogP) is 3.86. The van der Waals surface area contributed by atoms with Gasteiger partial charge in [-0.25, -0.2) is 9.18 Å². The molecule has 0 aliphatic carbocycles. The molecule has 4 nitrogen and oxygen atoms in total. The fourth-order valence-electron chi connectivity index (χ4n) is 2.28. The van der Waals surface area contributed by atoms with E-state index < -0.39 is 5.60 Å². The molecule has 120 valence electrons. The van der Waals surface area contributed by atoms with Crippen LogP contribution < -0.4 is 4.74 Å². The SMILES string of the molecule is COc1cc(C2=CCN(C(=O)OC(C)(C)C)CC2)ccc1F. The van der Waals surface area contributed by atoms with E-state index >= 15 is 0 Å². The zero-order chi connectivity index (χ0) is 16.3. The van der Waals surface area contributed by atoms with Gasteiger partial charge in [-0.2, -0.15) is 0 Å². The molecule has 0 bridgehead atoms. The fourth-order valence-corrected chi connectivity index (χ4v) is 2.28. The van der Waals surface area contributed by atoms with Crippen LogP contribution in [0.25, 0.3) is 5.57 Å². The molecular weight excluding hydrogens is 285 g/mol. The highest BCUT2D eigenvalue weighted by atomic mass is 19.1. The van der Waals surface area contributed by atoms with Gasteiger partial charge in [-0.1, -0.05) is 12.1 Å². The third-order valence-electron chi connectivity index (χ3n) is 3.38. The van der Waals surface area contributed by atoms with Crippen molar-refractivity contribution in [1.82, 2.24) is 4.90 Å². The van der Waals surface area contributed by atoms with Gasteiger partial charge in [-0.05, 0) is 50.5 Å². The fraction of sp³-hybridized carbons (Fsp3) is 0.471. The second-order valence-corrected chi connectivity index (χ2v) is 6.26. The lowest BCUT2D eigenvalue weighted by Gasteiger charge is -2.29. The van der Waals surface area contributed by atoms with Crippen LogP contribution in [-0.2, 0) is 4.74 Å². The summed E-state index contributed by atoms with van der Waals surface area (Å²) in [6.45, 7) is 6.62. The summed E-state index contributed by atoms with van der Waals surface area (Å²) in [5.74, 6) is -0.147. The summed E-state index contributed by atoms with van der Waals surface area (Å²) in [5, 5.41) is 0. The van der Waals surface area contributed by atoms with Crippen molar-refractivity contribution in [3.8, 4) is 5.75 Å². The maximum absolute atomic E-state index is 13.4. The van der Waals surface area contributed by atoms with Crippen LogP contribution in [0.3, 0.4) is 0 Å². The summed E-state index contributed by atoms with van der Waals surface area (Å²) in [6.07, 6.45) is 2.37. The molecule has 0 radical (unpaired) electrons. The van der Waals surface area contributed by atoms with Gasteiger partial charge in [0.05, 0.1) is 7.11 Å². The Morgan fingerprint density at radius 1 is 1.32 bits per heavy atom. The average molecular weight is 307 g/mol. The second-order valence-electron chi connectivity index (χ2n) is 6.26. The summed E-state index contributed by atoms with van der Waals surface area (Å²) in [6, 6.07) is 4.81. The second kappa shape index (κ2) is 6.38. The highest BCUT2D eigenvalue weighted by Gasteiger charge is 2.24. The maximum atomic E-state index is 13.4. The number of methoxy groups -OCH3 is 1. The molecule has 1 aliphatic heterocycles. The average Bonchev–Trinajstić information content (AvgIpc) is 2.46. The van der Waals surface area contributed by atoms with Crippen molar-refractivity contribution in [2.24, 2.45) is 0 Å². The summed E-state index contributed by atoms with van der Waals surface area (Å²) >= 11 is 0. The molecule has 2 rings (SSSR count). The Morgan fingerprint density at radius 3 is 2.59 bits per heavy atom. The van der Waals surface area contributed by atoms with Crippen LogP contribution in [0.5, 0.6) is 5.75 Å². The molecule has 0 atom stereocenters. The van der Waals surface area contributed by atoms with Gasteiger partial charge in [-0.3, -0.25) is 0 Å². The first-order chi connectivity index (χ1) is 10.3. The monoisotopic (exact) mass is 307 g/mol. The first-order valence-electron chi connectivity index (χ1n) is 7.31. The number of ether oxygens (including phenoxy) is 2. The van der Waals surface area contributed by atoms with E-state index in [9.17, 15) is 9.18 Å². The smallest absolute Gasteiger partial charge is 0.410 e. The lowest BCUT2D eigenvalue weighted by Crippen LogP contribution is -2.39. The Kier molecular flexibility index (Phi) is 4.74. The van der Waals surface area contributed by atoms with Crippen molar-refractivity contribution in [3.63, 3.8) is 0 Å². The lowest BCUT2D eigenvalue weighted by atomic mass is 9.99. The number of benzene rings is 1. The summed E-state index contributed by atoms with van der Waals surface area (Å²) in [4.78, 5) is 13.7. The minimum atomic E-state index is -0.495. The highest BCUT2D eigenvalue weighted by molar-refractivity contribution is 5.73. The number of hydrogen-bond donors (Lipinski definition) is 0. The van der Waals surface area contributed by atoms with Crippen molar-refractivity contribution in [1.29, 1.82) is 0 Å². The van der Waals surface area contributed by atoms with Gasteiger partial charge in [-0.15, -0.1) is 0 Å². The number of hydrogen-bond acceptors (Lipinski definition) is 3. The summed E-state index contributed by atoms with van der Waals surface area (Å²) in [7, 11) is 1.45. The largest absolute Gasteiger partial charge is 0.494 e. The van der Waals surface area contributed by atoms with E-state index in [1.165, 1.54) is 13.2 Å². The van der Waals surface area contributed by atoms with Gasteiger partial charge in [0.25, 0.3) is 0 Å². The molecule has 1 heterocycles. The third kappa shape index (κ3) is 4.00. The molecule has 22 heavy (non-hydrogen) atoms. The third-order valence-corrected chi connectivity index (χ3v) is 3.38. The number of carbonyl (C=O) groups excluding carboxylic acids is 1. The minimum Gasteiger partial charge on any atom is -0.494 e. The van der Waals surface area contributed by atoms with Crippen molar-refractivity contribution >= 4 is 11.7 Å². The van der Waals surface area contributed by atoms with E-state index in [4.69, 9.17) is 9.47 Å². The summed E-state index contributed by atoms with van der Waals surface area (Å²) < 4.78 is 23.8. The van der Waals surface area contributed by atoms with Crippen LogP contribution in [0.15, 0.2) is 24.3 Å². The lowest BCUT2D eigenvalue weighted by molar-refractivity contribution is 0.0270. The van der Waals surface area contributed by atoms with Gasteiger partial charge in [0.1, 0.15) is 5.60 Å². The van der Waals surface area contributed by atoms with E-state index in [-0.39, 0.29) is 17.7 Å². The normalized spacial score (nSPS) is 15.3.